The van der Waals surface area contributed by atoms with Crippen LogP contribution >= 0.6 is 11.3 Å². The van der Waals surface area contributed by atoms with E-state index in [1.807, 2.05) is 11.3 Å². The van der Waals surface area contributed by atoms with Gasteiger partial charge in [0.25, 0.3) is 0 Å². The second-order valence-corrected chi connectivity index (χ2v) is 6.51. The van der Waals surface area contributed by atoms with E-state index in [9.17, 15) is 0 Å². The van der Waals surface area contributed by atoms with Crippen molar-refractivity contribution in [3.05, 3.63) is 22.4 Å². The van der Waals surface area contributed by atoms with Gasteiger partial charge in [-0.1, -0.05) is 25.3 Å². The molecule has 1 atom stereocenters. The van der Waals surface area contributed by atoms with Gasteiger partial charge in [-0.15, -0.1) is 11.3 Å². The lowest BCUT2D eigenvalue weighted by Crippen LogP contribution is -2.53. The first-order valence-electron chi connectivity index (χ1n) is 6.65. The lowest BCUT2D eigenvalue weighted by Gasteiger charge is -2.52. The molecule has 0 saturated heterocycles. The van der Waals surface area contributed by atoms with Crippen LogP contribution in [0.2, 0.25) is 0 Å². The van der Waals surface area contributed by atoms with E-state index >= 15 is 0 Å². The van der Waals surface area contributed by atoms with Gasteiger partial charge in [0, 0.05) is 17.5 Å². The molecule has 1 spiro atoms. The van der Waals surface area contributed by atoms with Crippen LogP contribution in [-0.4, -0.2) is 6.04 Å². The molecule has 0 aliphatic heterocycles. The number of hydrogen-bond donors (Lipinski definition) is 1. The highest BCUT2D eigenvalue weighted by molar-refractivity contribution is 7.09. The van der Waals surface area contributed by atoms with Crippen molar-refractivity contribution in [1.29, 1.82) is 0 Å². The molecule has 0 radical (unpaired) electrons. The first-order chi connectivity index (χ1) is 7.89. The molecule has 16 heavy (non-hydrogen) atoms. The Labute approximate surface area is 102 Å². The molecule has 1 heterocycles. The third kappa shape index (κ3) is 1.93. The molecule has 1 aromatic heterocycles. The fraction of sp³-hybridized carbons (Fsp3) is 0.714. The summed E-state index contributed by atoms with van der Waals surface area (Å²) in [6.45, 7) is 1.09. The molecule has 2 aliphatic carbocycles. The average Bonchev–Trinajstić information content (AvgIpc) is 2.82. The summed E-state index contributed by atoms with van der Waals surface area (Å²) in [7, 11) is 0. The predicted molar refractivity (Wildman–Crippen MR) is 69.7 cm³/mol. The summed E-state index contributed by atoms with van der Waals surface area (Å²) in [6.07, 6.45) is 10.3. The molecule has 1 nitrogen and oxygen atoms in total. The molecule has 1 N–H and O–H groups in total. The highest BCUT2D eigenvalue weighted by Crippen LogP contribution is 2.51. The van der Waals surface area contributed by atoms with Crippen LogP contribution in [0.3, 0.4) is 0 Å². The highest BCUT2D eigenvalue weighted by Gasteiger charge is 2.46. The molecule has 2 aliphatic rings. The largest absolute Gasteiger partial charge is 0.309 e. The second kappa shape index (κ2) is 4.50. The zero-order valence-electron chi connectivity index (χ0n) is 9.87. The van der Waals surface area contributed by atoms with Crippen molar-refractivity contribution < 1.29 is 0 Å². The lowest BCUT2D eigenvalue weighted by molar-refractivity contribution is 0.0223. The van der Waals surface area contributed by atoms with Gasteiger partial charge in [0.05, 0.1) is 0 Å². The van der Waals surface area contributed by atoms with Crippen LogP contribution in [0.25, 0.3) is 0 Å². The van der Waals surface area contributed by atoms with E-state index in [1.165, 1.54) is 49.8 Å². The second-order valence-electron chi connectivity index (χ2n) is 5.47. The van der Waals surface area contributed by atoms with Gasteiger partial charge in [-0.25, -0.2) is 0 Å². The Morgan fingerprint density at radius 1 is 1.25 bits per heavy atom. The van der Waals surface area contributed by atoms with Crippen LogP contribution in [0, 0.1) is 5.41 Å². The van der Waals surface area contributed by atoms with E-state index in [0.29, 0.717) is 5.41 Å². The van der Waals surface area contributed by atoms with Crippen molar-refractivity contribution in [2.75, 3.05) is 0 Å². The van der Waals surface area contributed by atoms with Crippen LogP contribution < -0.4 is 5.32 Å². The molecule has 2 fully saturated rings. The van der Waals surface area contributed by atoms with Gasteiger partial charge in [0.1, 0.15) is 0 Å². The lowest BCUT2D eigenvalue weighted by atomic mass is 9.57. The Morgan fingerprint density at radius 3 is 2.75 bits per heavy atom. The highest BCUT2D eigenvalue weighted by atomic mass is 32.1. The Hall–Kier alpha value is -0.340. The molecule has 3 rings (SSSR count). The van der Waals surface area contributed by atoms with Gasteiger partial charge in [-0.3, -0.25) is 0 Å². The molecular formula is C14H21NS. The number of thiophene rings is 1. The van der Waals surface area contributed by atoms with Crippen LogP contribution in [0.15, 0.2) is 17.5 Å². The van der Waals surface area contributed by atoms with E-state index < -0.39 is 0 Å². The predicted octanol–water partition coefficient (Wildman–Crippen LogP) is 3.95. The van der Waals surface area contributed by atoms with Gasteiger partial charge >= 0.3 is 0 Å². The summed E-state index contributed by atoms with van der Waals surface area (Å²) < 4.78 is 0. The Morgan fingerprint density at radius 2 is 2.12 bits per heavy atom. The summed E-state index contributed by atoms with van der Waals surface area (Å²) in [5, 5.41) is 5.97. The van der Waals surface area contributed by atoms with Gasteiger partial charge in [0.2, 0.25) is 0 Å². The van der Waals surface area contributed by atoms with E-state index in [1.54, 1.807) is 0 Å². The standard InChI is InChI=1S/C14H21NS/c1-2-7-14(8-3-1)9-6-13(14)15-11-12-5-4-10-16-12/h4-5,10,13,15H,1-3,6-9,11H2. The smallest absolute Gasteiger partial charge is 0.0302 e. The molecule has 1 unspecified atom stereocenters. The van der Waals surface area contributed by atoms with E-state index in [2.05, 4.69) is 22.8 Å². The normalized spacial score (nSPS) is 27.9. The Kier molecular flexibility index (Phi) is 3.03. The first-order valence-corrected chi connectivity index (χ1v) is 7.53. The maximum absolute atomic E-state index is 3.79. The molecule has 0 aromatic carbocycles. The topological polar surface area (TPSA) is 12.0 Å². The molecule has 0 amide bonds. The van der Waals surface area contributed by atoms with Crippen molar-refractivity contribution in [2.45, 2.75) is 57.5 Å². The minimum atomic E-state index is 0.704. The molecule has 2 heteroatoms. The zero-order valence-corrected chi connectivity index (χ0v) is 10.7. The van der Waals surface area contributed by atoms with Gasteiger partial charge in [-0.2, -0.15) is 0 Å². The zero-order chi connectivity index (χ0) is 10.8. The quantitative estimate of drug-likeness (QED) is 0.836. The molecular weight excluding hydrogens is 214 g/mol. The van der Waals surface area contributed by atoms with Crippen LogP contribution in [-0.2, 0) is 6.54 Å². The summed E-state index contributed by atoms with van der Waals surface area (Å²) in [5.41, 5.74) is 0.704. The summed E-state index contributed by atoms with van der Waals surface area (Å²) in [6, 6.07) is 5.21. The third-order valence-corrected chi connectivity index (χ3v) is 5.50. The fourth-order valence-electron chi connectivity index (χ4n) is 3.51. The molecule has 2 saturated carbocycles. The van der Waals surface area contributed by atoms with Crippen molar-refractivity contribution in [1.82, 2.24) is 5.32 Å². The number of nitrogens with one attached hydrogen (secondary N) is 1. The van der Waals surface area contributed by atoms with E-state index in [0.717, 1.165) is 12.6 Å². The summed E-state index contributed by atoms with van der Waals surface area (Å²) >= 11 is 1.87. The van der Waals surface area contributed by atoms with Gasteiger partial charge in [0.15, 0.2) is 0 Å². The SMILES string of the molecule is c1csc(CNC2CCC23CCCCC3)c1. The van der Waals surface area contributed by atoms with Crippen molar-refractivity contribution in [3.8, 4) is 0 Å². The molecule has 1 aromatic rings. The number of rotatable bonds is 3. The number of hydrogen-bond acceptors (Lipinski definition) is 2. The fourth-order valence-corrected chi connectivity index (χ4v) is 4.16. The molecule has 0 bridgehead atoms. The van der Waals surface area contributed by atoms with Gasteiger partial charge < -0.3 is 5.32 Å². The third-order valence-electron chi connectivity index (χ3n) is 4.62. The van der Waals surface area contributed by atoms with Crippen molar-refractivity contribution in [3.63, 3.8) is 0 Å². The van der Waals surface area contributed by atoms with Gasteiger partial charge in [-0.05, 0) is 42.5 Å². The maximum Gasteiger partial charge on any atom is 0.0302 e. The van der Waals surface area contributed by atoms with Crippen LogP contribution in [0.4, 0.5) is 0 Å². The summed E-state index contributed by atoms with van der Waals surface area (Å²) in [5.74, 6) is 0. The first kappa shape index (κ1) is 10.8. The summed E-state index contributed by atoms with van der Waals surface area (Å²) in [4.78, 5) is 1.48. The minimum absolute atomic E-state index is 0.704. The van der Waals surface area contributed by atoms with Crippen molar-refractivity contribution in [2.24, 2.45) is 5.41 Å². The Bertz CT molecular complexity index is 325. The van der Waals surface area contributed by atoms with E-state index in [4.69, 9.17) is 0 Å². The van der Waals surface area contributed by atoms with E-state index in [-0.39, 0.29) is 0 Å². The minimum Gasteiger partial charge on any atom is -0.309 e. The average molecular weight is 235 g/mol. The monoisotopic (exact) mass is 235 g/mol. The van der Waals surface area contributed by atoms with Crippen LogP contribution in [0.5, 0.6) is 0 Å². The maximum atomic E-state index is 3.79. The molecule has 88 valence electrons. The Balaban J connectivity index is 1.55. The van der Waals surface area contributed by atoms with Crippen LogP contribution in [0.1, 0.15) is 49.8 Å². The van der Waals surface area contributed by atoms with Crippen molar-refractivity contribution >= 4 is 11.3 Å².